The SMILES string of the molecule is CC1(C)c2ccc(-c3ccnc4ccccc34)nc2-c2nc(-c3ccnc4ccccc34)ccc21. The molecule has 7 rings (SSSR count). The van der Waals surface area contributed by atoms with Gasteiger partial charge in [-0.2, -0.15) is 0 Å². The van der Waals surface area contributed by atoms with Crippen molar-refractivity contribution in [3.8, 4) is 33.9 Å². The number of hydrogen-bond donors (Lipinski definition) is 0. The maximum atomic E-state index is 5.21. The highest BCUT2D eigenvalue weighted by atomic mass is 14.8. The molecular weight excluding hydrogens is 428 g/mol. The second-order valence-corrected chi connectivity index (χ2v) is 9.56. The van der Waals surface area contributed by atoms with Gasteiger partial charge in [-0.25, -0.2) is 9.97 Å². The first kappa shape index (κ1) is 20.0. The lowest BCUT2D eigenvalue weighted by atomic mass is 9.83. The van der Waals surface area contributed by atoms with Crippen molar-refractivity contribution in [1.29, 1.82) is 0 Å². The minimum Gasteiger partial charge on any atom is -0.256 e. The molecule has 0 saturated heterocycles. The van der Waals surface area contributed by atoms with Crippen LogP contribution < -0.4 is 0 Å². The Morgan fingerprint density at radius 1 is 0.514 bits per heavy atom. The second kappa shape index (κ2) is 7.28. The van der Waals surface area contributed by atoms with Crippen LogP contribution in [0.2, 0.25) is 0 Å². The monoisotopic (exact) mass is 450 g/mol. The summed E-state index contributed by atoms with van der Waals surface area (Å²) in [5, 5.41) is 2.20. The molecule has 0 radical (unpaired) electrons. The molecule has 0 N–H and O–H groups in total. The molecule has 0 fully saturated rings. The topological polar surface area (TPSA) is 51.6 Å². The number of fused-ring (bicyclic) bond motifs is 5. The van der Waals surface area contributed by atoms with Crippen LogP contribution in [0.4, 0.5) is 0 Å². The van der Waals surface area contributed by atoms with Gasteiger partial charge in [0, 0.05) is 39.7 Å². The Balaban J connectivity index is 1.44. The minimum atomic E-state index is -0.164. The van der Waals surface area contributed by atoms with Gasteiger partial charge in [0.05, 0.1) is 33.8 Å². The summed E-state index contributed by atoms with van der Waals surface area (Å²) in [7, 11) is 0. The van der Waals surface area contributed by atoms with Crippen LogP contribution in [-0.4, -0.2) is 19.9 Å². The molecule has 0 amide bonds. The summed E-state index contributed by atoms with van der Waals surface area (Å²) < 4.78 is 0. The average molecular weight is 451 g/mol. The summed E-state index contributed by atoms with van der Waals surface area (Å²) in [4.78, 5) is 19.5. The molecule has 0 spiro atoms. The van der Waals surface area contributed by atoms with E-state index in [9.17, 15) is 0 Å². The average Bonchev–Trinajstić information content (AvgIpc) is 3.13. The molecule has 0 aliphatic heterocycles. The van der Waals surface area contributed by atoms with Crippen molar-refractivity contribution in [3.05, 3.63) is 108 Å². The molecule has 0 atom stereocenters. The molecule has 0 saturated carbocycles. The number of benzene rings is 2. The molecular formula is C31H22N4. The standard InChI is InChI=1S/C31H22N4/c1-31(2)23-11-13-27(21-15-17-32-25-9-5-3-7-19(21)25)34-29(23)30-24(31)12-14-28(35-30)22-16-18-33-26-10-6-4-8-20(22)26/h3-18H,1-2H3. The third kappa shape index (κ3) is 2.93. The Morgan fingerprint density at radius 3 is 1.46 bits per heavy atom. The van der Waals surface area contributed by atoms with E-state index in [-0.39, 0.29) is 5.41 Å². The lowest BCUT2D eigenvalue weighted by molar-refractivity contribution is 0.658. The minimum absolute atomic E-state index is 0.164. The van der Waals surface area contributed by atoms with Gasteiger partial charge in [-0.15, -0.1) is 0 Å². The molecule has 4 aromatic heterocycles. The highest BCUT2D eigenvalue weighted by molar-refractivity contribution is 5.95. The molecule has 0 unspecified atom stereocenters. The van der Waals surface area contributed by atoms with Crippen molar-refractivity contribution in [3.63, 3.8) is 0 Å². The molecule has 166 valence electrons. The largest absolute Gasteiger partial charge is 0.256 e. The zero-order valence-electron chi connectivity index (χ0n) is 19.5. The van der Waals surface area contributed by atoms with Gasteiger partial charge in [0.2, 0.25) is 0 Å². The first-order chi connectivity index (χ1) is 17.1. The summed E-state index contributed by atoms with van der Waals surface area (Å²) in [5.74, 6) is 0. The number of pyridine rings is 4. The highest BCUT2D eigenvalue weighted by Gasteiger charge is 2.38. The van der Waals surface area contributed by atoms with Gasteiger partial charge in [-0.1, -0.05) is 62.4 Å². The smallest absolute Gasteiger partial charge is 0.0937 e. The van der Waals surface area contributed by atoms with E-state index in [2.05, 4.69) is 60.2 Å². The molecule has 1 aliphatic carbocycles. The number of hydrogen-bond acceptors (Lipinski definition) is 4. The number of aromatic nitrogens is 4. The fraction of sp³-hybridized carbons (Fsp3) is 0.0968. The third-order valence-electron chi connectivity index (χ3n) is 7.21. The zero-order chi connectivity index (χ0) is 23.6. The normalized spacial score (nSPS) is 13.7. The van der Waals surface area contributed by atoms with Crippen LogP contribution in [0.25, 0.3) is 55.7 Å². The first-order valence-electron chi connectivity index (χ1n) is 11.8. The Bertz CT molecular complexity index is 1640. The molecule has 1 aliphatic rings. The van der Waals surface area contributed by atoms with E-state index in [1.165, 1.54) is 11.1 Å². The predicted molar refractivity (Wildman–Crippen MR) is 141 cm³/mol. The molecule has 2 aromatic carbocycles. The zero-order valence-corrected chi connectivity index (χ0v) is 19.5. The fourth-order valence-electron chi connectivity index (χ4n) is 5.37. The Kier molecular flexibility index (Phi) is 4.15. The molecule has 4 heterocycles. The van der Waals surface area contributed by atoms with Gasteiger partial charge in [-0.3, -0.25) is 9.97 Å². The lowest BCUT2D eigenvalue weighted by Crippen LogP contribution is -2.15. The van der Waals surface area contributed by atoms with Crippen LogP contribution in [0.1, 0.15) is 25.0 Å². The van der Waals surface area contributed by atoms with E-state index in [0.717, 1.165) is 55.7 Å². The molecule has 4 nitrogen and oxygen atoms in total. The van der Waals surface area contributed by atoms with Crippen LogP contribution in [0.3, 0.4) is 0 Å². The highest BCUT2D eigenvalue weighted by Crippen LogP contribution is 2.48. The van der Waals surface area contributed by atoms with Gasteiger partial charge in [0.15, 0.2) is 0 Å². The van der Waals surface area contributed by atoms with Crippen molar-refractivity contribution < 1.29 is 0 Å². The molecule has 35 heavy (non-hydrogen) atoms. The summed E-state index contributed by atoms with van der Waals surface area (Å²) in [6.45, 7) is 4.51. The van der Waals surface area contributed by atoms with E-state index < -0.39 is 0 Å². The van der Waals surface area contributed by atoms with Crippen molar-refractivity contribution in [1.82, 2.24) is 19.9 Å². The molecule has 6 aromatic rings. The van der Waals surface area contributed by atoms with E-state index in [1.54, 1.807) is 0 Å². The molecule has 0 bridgehead atoms. The number of nitrogens with zero attached hydrogens (tertiary/aromatic N) is 4. The van der Waals surface area contributed by atoms with Gasteiger partial charge >= 0.3 is 0 Å². The van der Waals surface area contributed by atoms with Crippen molar-refractivity contribution in [2.45, 2.75) is 19.3 Å². The Labute approximate surface area is 203 Å². The van der Waals surface area contributed by atoms with E-state index >= 15 is 0 Å². The third-order valence-corrected chi connectivity index (χ3v) is 7.21. The van der Waals surface area contributed by atoms with E-state index in [1.807, 2.05) is 60.9 Å². The van der Waals surface area contributed by atoms with Crippen LogP contribution >= 0.6 is 0 Å². The summed E-state index contributed by atoms with van der Waals surface area (Å²) in [5.41, 5.74) is 10.2. The number of para-hydroxylation sites is 2. The van der Waals surface area contributed by atoms with Crippen LogP contribution in [0, 0.1) is 0 Å². The predicted octanol–water partition coefficient (Wildman–Crippen LogP) is 7.21. The van der Waals surface area contributed by atoms with E-state index in [0.29, 0.717) is 0 Å². The van der Waals surface area contributed by atoms with Crippen molar-refractivity contribution in [2.24, 2.45) is 0 Å². The first-order valence-corrected chi connectivity index (χ1v) is 11.8. The summed E-state index contributed by atoms with van der Waals surface area (Å²) >= 11 is 0. The summed E-state index contributed by atoms with van der Waals surface area (Å²) in [6.07, 6.45) is 3.71. The van der Waals surface area contributed by atoms with Crippen molar-refractivity contribution in [2.75, 3.05) is 0 Å². The van der Waals surface area contributed by atoms with Gasteiger partial charge in [-0.05, 0) is 47.5 Å². The maximum Gasteiger partial charge on any atom is 0.0937 e. The van der Waals surface area contributed by atoms with Crippen molar-refractivity contribution >= 4 is 21.8 Å². The fourth-order valence-corrected chi connectivity index (χ4v) is 5.37. The van der Waals surface area contributed by atoms with Gasteiger partial charge in [0.1, 0.15) is 0 Å². The maximum absolute atomic E-state index is 5.21. The van der Waals surface area contributed by atoms with Gasteiger partial charge in [0.25, 0.3) is 0 Å². The Hall–Kier alpha value is -4.44. The van der Waals surface area contributed by atoms with Crippen LogP contribution in [0.5, 0.6) is 0 Å². The van der Waals surface area contributed by atoms with Gasteiger partial charge < -0.3 is 0 Å². The number of rotatable bonds is 2. The quantitative estimate of drug-likeness (QED) is 0.280. The second-order valence-electron chi connectivity index (χ2n) is 9.56. The lowest BCUT2D eigenvalue weighted by Gasteiger charge is -2.20. The van der Waals surface area contributed by atoms with E-state index in [4.69, 9.17) is 9.97 Å². The van der Waals surface area contributed by atoms with Crippen LogP contribution in [-0.2, 0) is 5.41 Å². The van der Waals surface area contributed by atoms with Crippen LogP contribution in [0.15, 0.2) is 97.3 Å². The molecule has 4 heteroatoms. The summed E-state index contributed by atoms with van der Waals surface area (Å²) in [6, 6.07) is 29.2. The Morgan fingerprint density at radius 2 is 0.971 bits per heavy atom.